The highest BCUT2D eigenvalue weighted by Crippen LogP contribution is 2.33. The van der Waals surface area contributed by atoms with Gasteiger partial charge in [-0.2, -0.15) is 9.97 Å². The number of aliphatic hydroxyl groups excluding tert-OH is 1. The van der Waals surface area contributed by atoms with Gasteiger partial charge in [0.2, 0.25) is 5.91 Å². The number of nitrogens with two attached hydrogens (primary N) is 1. The average molecular weight is 377 g/mol. The van der Waals surface area contributed by atoms with E-state index in [4.69, 9.17) is 15.6 Å². The predicted octanol–water partition coefficient (Wildman–Crippen LogP) is 1.22. The lowest BCUT2D eigenvalue weighted by Gasteiger charge is -2.33. The molecule has 3 rings (SSSR count). The van der Waals surface area contributed by atoms with Gasteiger partial charge in [-0.3, -0.25) is 9.69 Å². The molecule has 1 aromatic rings. The lowest BCUT2D eigenvalue weighted by molar-refractivity contribution is -0.117. The Labute approximate surface area is 160 Å². The first-order valence-corrected chi connectivity index (χ1v) is 10.0. The number of aromatic nitrogens is 2. The normalized spacial score (nSPS) is 20.1. The predicted molar refractivity (Wildman–Crippen MR) is 104 cm³/mol. The number of hydrogen-bond acceptors (Lipinski definition) is 7. The zero-order valence-electron chi connectivity index (χ0n) is 16.2. The third-order valence-electron chi connectivity index (χ3n) is 5.39. The average Bonchev–Trinajstić information content (AvgIpc) is 2.97. The number of aliphatic hydroxyl groups is 1. The van der Waals surface area contributed by atoms with Crippen LogP contribution in [-0.4, -0.2) is 65.3 Å². The second-order valence-electron chi connectivity index (χ2n) is 7.44. The summed E-state index contributed by atoms with van der Waals surface area (Å²) in [6, 6.07) is 0.256. The van der Waals surface area contributed by atoms with Crippen molar-refractivity contribution < 1.29 is 14.6 Å². The van der Waals surface area contributed by atoms with Gasteiger partial charge in [0, 0.05) is 25.2 Å². The van der Waals surface area contributed by atoms with E-state index in [-0.39, 0.29) is 24.9 Å². The minimum atomic E-state index is 0.0275. The monoisotopic (exact) mass is 377 g/mol. The molecule has 1 aromatic heterocycles. The van der Waals surface area contributed by atoms with E-state index >= 15 is 0 Å². The molecule has 0 bridgehead atoms. The smallest absolute Gasteiger partial charge is 0.320 e. The van der Waals surface area contributed by atoms with Crippen LogP contribution in [0.3, 0.4) is 0 Å². The molecule has 1 atom stereocenters. The number of hydrogen-bond donors (Lipinski definition) is 2. The van der Waals surface area contributed by atoms with Gasteiger partial charge in [-0.1, -0.05) is 13.3 Å². The highest BCUT2D eigenvalue weighted by Gasteiger charge is 2.33. The van der Waals surface area contributed by atoms with Crippen LogP contribution in [0.5, 0.6) is 6.01 Å². The summed E-state index contributed by atoms with van der Waals surface area (Å²) in [5.41, 5.74) is 6.77. The molecule has 0 aliphatic carbocycles. The van der Waals surface area contributed by atoms with Crippen LogP contribution >= 0.6 is 0 Å². The Balaban J connectivity index is 1.64. The van der Waals surface area contributed by atoms with Gasteiger partial charge in [-0.15, -0.1) is 0 Å². The molecular formula is C19H31N5O3. The second kappa shape index (κ2) is 9.32. The number of amides is 1. The van der Waals surface area contributed by atoms with Crippen LogP contribution in [0.2, 0.25) is 0 Å². The standard InChI is InChI=1S/C19H31N5O3/c1-2-3-11-27-19-21-17(20)15-12-16(26)24(18(15)22-19)8-6-14-5-4-7-23(13-14)9-10-25/h14,25H,2-13H2,1H3,(H2,20,21,22). The molecule has 8 nitrogen and oxygen atoms in total. The lowest BCUT2D eigenvalue weighted by atomic mass is 9.94. The molecule has 8 heteroatoms. The molecule has 0 saturated carbocycles. The van der Waals surface area contributed by atoms with E-state index in [1.807, 2.05) is 0 Å². The molecule has 0 spiro atoms. The first-order valence-electron chi connectivity index (χ1n) is 10.0. The summed E-state index contributed by atoms with van der Waals surface area (Å²) < 4.78 is 5.60. The first-order chi connectivity index (χ1) is 13.1. The summed E-state index contributed by atoms with van der Waals surface area (Å²) in [7, 11) is 0. The summed E-state index contributed by atoms with van der Waals surface area (Å²) in [5.74, 6) is 1.51. The second-order valence-corrected chi connectivity index (χ2v) is 7.44. The van der Waals surface area contributed by atoms with E-state index in [2.05, 4.69) is 21.8 Å². The number of piperidine rings is 1. The Kier molecular flexibility index (Phi) is 6.84. The maximum absolute atomic E-state index is 12.5. The fourth-order valence-corrected chi connectivity index (χ4v) is 3.87. The van der Waals surface area contributed by atoms with Crippen LogP contribution in [0.15, 0.2) is 0 Å². The van der Waals surface area contributed by atoms with Crippen molar-refractivity contribution in [2.24, 2.45) is 5.92 Å². The van der Waals surface area contributed by atoms with Gasteiger partial charge in [0.05, 0.1) is 19.6 Å². The molecule has 1 amide bonds. The number of nitrogens with zero attached hydrogens (tertiary/aromatic N) is 4. The highest BCUT2D eigenvalue weighted by molar-refractivity contribution is 6.01. The minimum Gasteiger partial charge on any atom is -0.463 e. The third-order valence-corrected chi connectivity index (χ3v) is 5.39. The summed E-state index contributed by atoms with van der Waals surface area (Å²) >= 11 is 0. The minimum absolute atomic E-state index is 0.0275. The Hall–Kier alpha value is -1.93. The Morgan fingerprint density at radius 2 is 2.19 bits per heavy atom. The number of fused-ring (bicyclic) bond motifs is 1. The summed E-state index contributed by atoms with van der Waals surface area (Å²) in [4.78, 5) is 25.2. The lowest BCUT2D eigenvalue weighted by Crippen LogP contribution is -2.39. The van der Waals surface area contributed by atoms with Crippen molar-refractivity contribution in [3.05, 3.63) is 5.56 Å². The van der Waals surface area contributed by atoms with Crippen molar-refractivity contribution in [2.45, 2.75) is 45.4 Å². The van der Waals surface area contributed by atoms with Crippen LogP contribution in [0.4, 0.5) is 11.6 Å². The number of nitrogen functional groups attached to an aromatic ring is 1. The van der Waals surface area contributed by atoms with Gasteiger partial charge >= 0.3 is 6.01 Å². The van der Waals surface area contributed by atoms with Gasteiger partial charge in [-0.25, -0.2) is 0 Å². The largest absolute Gasteiger partial charge is 0.463 e. The van der Waals surface area contributed by atoms with Crippen molar-refractivity contribution in [3.8, 4) is 6.01 Å². The number of unbranched alkanes of at least 4 members (excludes halogenated alkanes) is 1. The number of carbonyl (C=O) groups is 1. The molecule has 1 saturated heterocycles. The fourth-order valence-electron chi connectivity index (χ4n) is 3.87. The SMILES string of the molecule is CCCCOc1nc(N)c2c(n1)N(CCC1CCCN(CCO)C1)C(=O)C2. The molecule has 3 N–H and O–H groups in total. The topological polar surface area (TPSA) is 105 Å². The summed E-state index contributed by atoms with van der Waals surface area (Å²) in [6.07, 6.45) is 5.43. The molecule has 3 heterocycles. The first kappa shape index (κ1) is 19.8. The summed E-state index contributed by atoms with van der Waals surface area (Å²) in [6.45, 7) is 6.22. The Morgan fingerprint density at radius 1 is 1.33 bits per heavy atom. The highest BCUT2D eigenvalue weighted by atomic mass is 16.5. The van der Waals surface area contributed by atoms with E-state index < -0.39 is 0 Å². The molecule has 1 unspecified atom stereocenters. The van der Waals surface area contributed by atoms with Gasteiger partial charge in [0.15, 0.2) is 0 Å². The number of likely N-dealkylation sites (tertiary alicyclic amines) is 1. The van der Waals surface area contributed by atoms with E-state index in [1.54, 1.807) is 4.90 Å². The molecule has 2 aliphatic rings. The third kappa shape index (κ3) is 4.87. The van der Waals surface area contributed by atoms with E-state index in [1.165, 1.54) is 0 Å². The molecule has 1 fully saturated rings. The van der Waals surface area contributed by atoms with Crippen LogP contribution in [0.25, 0.3) is 0 Å². The Morgan fingerprint density at radius 3 is 2.96 bits per heavy atom. The zero-order valence-corrected chi connectivity index (χ0v) is 16.2. The van der Waals surface area contributed by atoms with Crippen molar-refractivity contribution >= 4 is 17.5 Å². The molecule has 0 radical (unpaired) electrons. The van der Waals surface area contributed by atoms with E-state index in [9.17, 15) is 4.79 Å². The maximum atomic E-state index is 12.5. The van der Waals surface area contributed by atoms with E-state index in [0.717, 1.165) is 51.7 Å². The van der Waals surface area contributed by atoms with Crippen molar-refractivity contribution in [3.63, 3.8) is 0 Å². The van der Waals surface area contributed by atoms with Crippen molar-refractivity contribution in [1.82, 2.24) is 14.9 Å². The molecule has 150 valence electrons. The summed E-state index contributed by atoms with van der Waals surface area (Å²) in [5, 5.41) is 9.15. The van der Waals surface area contributed by atoms with Crippen LogP contribution in [0.1, 0.15) is 44.6 Å². The number of ether oxygens (including phenoxy) is 1. The van der Waals surface area contributed by atoms with Gasteiger partial charge in [-0.05, 0) is 38.1 Å². The van der Waals surface area contributed by atoms with Crippen molar-refractivity contribution in [1.29, 1.82) is 0 Å². The molecule has 0 aromatic carbocycles. The molecular weight excluding hydrogens is 346 g/mol. The van der Waals surface area contributed by atoms with Crippen LogP contribution in [-0.2, 0) is 11.2 Å². The van der Waals surface area contributed by atoms with Crippen molar-refractivity contribution in [2.75, 3.05) is 50.0 Å². The van der Waals surface area contributed by atoms with Gasteiger partial charge in [0.25, 0.3) is 0 Å². The zero-order chi connectivity index (χ0) is 19.2. The van der Waals surface area contributed by atoms with E-state index in [0.29, 0.717) is 36.3 Å². The van der Waals surface area contributed by atoms with Gasteiger partial charge < -0.3 is 20.5 Å². The fraction of sp³-hybridized carbons (Fsp3) is 0.737. The molecule has 2 aliphatic heterocycles. The van der Waals surface area contributed by atoms with Crippen LogP contribution < -0.4 is 15.4 Å². The quantitative estimate of drug-likeness (QED) is 0.624. The molecule has 27 heavy (non-hydrogen) atoms. The Bertz CT molecular complexity index is 652. The number of carbonyl (C=O) groups excluding carboxylic acids is 1. The number of anilines is 2. The van der Waals surface area contributed by atoms with Gasteiger partial charge in [0.1, 0.15) is 11.6 Å². The number of β-amino-alcohol motifs (C(OH)–C–C–N with tert-alkyl or cyclic N) is 1. The maximum Gasteiger partial charge on any atom is 0.320 e. The van der Waals surface area contributed by atoms with Crippen LogP contribution in [0, 0.1) is 5.92 Å². The number of rotatable bonds is 9.